The first-order valence-corrected chi connectivity index (χ1v) is 12.8. The fraction of sp³-hybridized carbons (Fsp3) is 0.357. The van der Waals surface area contributed by atoms with Crippen molar-refractivity contribution in [1.82, 2.24) is 4.98 Å². The molecule has 0 saturated heterocycles. The molecule has 1 aromatic heterocycles. The number of carbonyl (C=O) groups is 1. The maximum atomic E-state index is 14.0. The maximum Gasteiger partial charge on any atom is 0.236 e. The van der Waals surface area contributed by atoms with Gasteiger partial charge in [-0.1, -0.05) is 44.2 Å². The second kappa shape index (κ2) is 10.4. The number of thioether (sulfide) groups is 1. The van der Waals surface area contributed by atoms with Crippen molar-refractivity contribution in [3.8, 4) is 5.88 Å². The second-order valence-electron chi connectivity index (χ2n) is 8.86. The Hall–Kier alpha value is -2.79. The van der Waals surface area contributed by atoms with Gasteiger partial charge < -0.3 is 9.64 Å². The molecule has 0 fully saturated rings. The molecule has 1 unspecified atom stereocenters. The third-order valence-corrected chi connectivity index (χ3v) is 7.14. The van der Waals surface area contributed by atoms with Crippen LogP contribution in [0.5, 0.6) is 5.88 Å². The fourth-order valence-corrected chi connectivity index (χ4v) is 4.83. The summed E-state index contributed by atoms with van der Waals surface area (Å²) in [4.78, 5) is 21.9. The highest BCUT2D eigenvalue weighted by Gasteiger charge is 2.32. The molecule has 1 amide bonds. The summed E-state index contributed by atoms with van der Waals surface area (Å²) in [5, 5.41) is 0. The summed E-state index contributed by atoms with van der Waals surface area (Å²) in [6.07, 6.45) is 4.82. The maximum absolute atomic E-state index is 14.0. The van der Waals surface area contributed by atoms with E-state index in [1.165, 1.54) is 10.5 Å². The zero-order valence-electron chi connectivity index (χ0n) is 19.9. The molecule has 0 radical (unpaired) electrons. The Morgan fingerprint density at radius 3 is 2.45 bits per heavy atom. The monoisotopic (exact) mass is 460 g/mol. The largest absolute Gasteiger partial charge is 0.481 e. The number of carbonyl (C=O) groups excluding carboxylic acids is 1. The van der Waals surface area contributed by atoms with Crippen molar-refractivity contribution in [2.45, 2.75) is 56.4 Å². The van der Waals surface area contributed by atoms with E-state index in [9.17, 15) is 4.79 Å². The molecule has 1 atom stereocenters. The van der Waals surface area contributed by atoms with E-state index in [2.05, 4.69) is 74.7 Å². The van der Waals surface area contributed by atoms with E-state index < -0.39 is 0 Å². The number of hydrogen-bond acceptors (Lipinski definition) is 4. The van der Waals surface area contributed by atoms with Gasteiger partial charge in [0.2, 0.25) is 11.8 Å². The minimum Gasteiger partial charge on any atom is -0.481 e. The predicted molar refractivity (Wildman–Crippen MR) is 136 cm³/mol. The first-order valence-electron chi connectivity index (χ1n) is 11.6. The molecule has 1 aliphatic rings. The molecule has 0 spiro atoms. The topological polar surface area (TPSA) is 42.4 Å². The summed E-state index contributed by atoms with van der Waals surface area (Å²) < 4.78 is 5.37. The zero-order chi connectivity index (χ0) is 23.4. The van der Waals surface area contributed by atoms with Crippen molar-refractivity contribution >= 4 is 23.4 Å². The van der Waals surface area contributed by atoms with E-state index in [0.29, 0.717) is 18.3 Å². The van der Waals surface area contributed by atoms with Crippen LogP contribution in [0, 0.1) is 0 Å². The lowest BCUT2D eigenvalue weighted by Gasteiger charge is -2.31. The Kier molecular flexibility index (Phi) is 7.39. The van der Waals surface area contributed by atoms with E-state index >= 15 is 0 Å². The molecule has 0 saturated carbocycles. The highest BCUT2D eigenvalue weighted by molar-refractivity contribution is 7.98. The molecule has 0 bridgehead atoms. The van der Waals surface area contributed by atoms with Gasteiger partial charge in [0.15, 0.2) is 0 Å². The fourth-order valence-electron chi connectivity index (χ4n) is 4.42. The Labute approximate surface area is 201 Å². The van der Waals surface area contributed by atoms with Gasteiger partial charge in [0.25, 0.3) is 0 Å². The van der Waals surface area contributed by atoms with E-state index in [1.54, 1.807) is 18.9 Å². The summed E-state index contributed by atoms with van der Waals surface area (Å²) in [5.74, 6) is 0.847. The van der Waals surface area contributed by atoms with Crippen LogP contribution in [-0.4, -0.2) is 24.3 Å². The number of ether oxygens (including phenoxy) is 1. The summed E-state index contributed by atoms with van der Waals surface area (Å²) in [7, 11) is 1.62. The van der Waals surface area contributed by atoms with Crippen LogP contribution in [0.15, 0.2) is 65.6 Å². The lowest BCUT2D eigenvalue weighted by molar-refractivity contribution is -0.120. The van der Waals surface area contributed by atoms with Gasteiger partial charge in [-0.15, -0.1) is 11.8 Å². The number of benzene rings is 2. The molecular weight excluding hydrogens is 428 g/mol. The lowest BCUT2D eigenvalue weighted by atomic mass is 9.85. The number of amides is 1. The quantitative estimate of drug-likeness (QED) is 0.373. The molecule has 3 aromatic rings. The number of aryl methyl sites for hydroxylation is 1. The minimum absolute atomic E-state index is 0.0999. The lowest BCUT2D eigenvalue weighted by Crippen LogP contribution is -2.36. The van der Waals surface area contributed by atoms with Gasteiger partial charge in [-0.25, -0.2) is 4.98 Å². The van der Waals surface area contributed by atoms with Gasteiger partial charge in [-0.2, -0.15) is 0 Å². The van der Waals surface area contributed by atoms with Crippen LogP contribution in [0.2, 0.25) is 0 Å². The zero-order valence-corrected chi connectivity index (χ0v) is 20.7. The Bertz CT molecular complexity index is 1090. The molecule has 0 aliphatic heterocycles. The SMILES string of the molecule is COc1ccc2c(n1)C(C(=O)N(Cc1ccc(SC)cc1)c1ccc(C(C)C)cc1)CCC2. The number of pyridine rings is 1. The molecular formula is C28H32N2O2S. The van der Waals surface area contributed by atoms with Crippen LogP contribution in [0.25, 0.3) is 0 Å². The molecule has 172 valence electrons. The standard InChI is InChI=1S/C28H32N2O2S/c1-19(2)21-10-13-23(14-11-21)30(18-20-8-15-24(33-4)16-9-20)28(31)25-7-5-6-22-12-17-26(32-3)29-27(22)25/h8-17,19,25H,5-7,18H2,1-4H3. The first kappa shape index (κ1) is 23.4. The molecule has 2 aromatic carbocycles. The summed E-state index contributed by atoms with van der Waals surface area (Å²) >= 11 is 1.72. The normalized spacial score (nSPS) is 15.2. The van der Waals surface area contributed by atoms with E-state index in [4.69, 9.17) is 9.72 Å². The number of methoxy groups -OCH3 is 1. The highest BCUT2D eigenvalue weighted by Crippen LogP contribution is 2.35. The highest BCUT2D eigenvalue weighted by atomic mass is 32.2. The van der Waals surface area contributed by atoms with Crippen molar-refractivity contribution < 1.29 is 9.53 Å². The Morgan fingerprint density at radius 1 is 1.09 bits per heavy atom. The molecule has 4 nitrogen and oxygen atoms in total. The van der Waals surface area contributed by atoms with Gasteiger partial charge in [0.05, 0.1) is 25.3 Å². The smallest absolute Gasteiger partial charge is 0.236 e. The van der Waals surface area contributed by atoms with Crippen LogP contribution in [0.3, 0.4) is 0 Å². The minimum atomic E-state index is -0.265. The van der Waals surface area contributed by atoms with Gasteiger partial charge in [0.1, 0.15) is 0 Å². The van der Waals surface area contributed by atoms with Crippen LogP contribution < -0.4 is 9.64 Å². The molecule has 1 heterocycles. The Balaban J connectivity index is 1.70. The summed E-state index contributed by atoms with van der Waals surface area (Å²) in [6.45, 7) is 4.90. The summed E-state index contributed by atoms with van der Waals surface area (Å²) in [5.41, 5.74) is 5.33. The van der Waals surface area contributed by atoms with Crippen molar-refractivity contribution in [2.75, 3.05) is 18.3 Å². The average molecular weight is 461 g/mol. The van der Waals surface area contributed by atoms with E-state index in [-0.39, 0.29) is 11.8 Å². The molecule has 5 heteroatoms. The molecule has 1 aliphatic carbocycles. The van der Waals surface area contributed by atoms with Gasteiger partial charge in [0, 0.05) is 16.6 Å². The van der Waals surface area contributed by atoms with Crippen molar-refractivity contribution in [2.24, 2.45) is 0 Å². The second-order valence-corrected chi connectivity index (χ2v) is 9.74. The number of rotatable bonds is 7. The number of anilines is 1. The van der Waals surface area contributed by atoms with Gasteiger partial charge in [-0.3, -0.25) is 4.79 Å². The number of aromatic nitrogens is 1. The predicted octanol–water partition coefficient (Wildman–Crippen LogP) is 6.59. The van der Waals surface area contributed by atoms with E-state index in [1.807, 2.05) is 11.0 Å². The van der Waals surface area contributed by atoms with Crippen molar-refractivity contribution in [3.63, 3.8) is 0 Å². The number of nitrogens with zero attached hydrogens (tertiary/aromatic N) is 2. The third-order valence-electron chi connectivity index (χ3n) is 6.40. The van der Waals surface area contributed by atoms with Crippen LogP contribution in [0.1, 0.15) is 60.9 Å². The van der Waals surface area contributed by atoms with Crippen LogP contribution in [0.4, 0.5) is 5.69 Å². The third kappa shape index (κ3) is 5.25. The number of fused-ring (bicyclic) bond motifs is 1. The van der Waals surface area contributed by atoms with Crippen LogP contribution >= 0.6 is 11.8 Å². The molecule has 4 rings (SSSR count). The summed E-state index contributed by atoms with van der Waals surface area (Å²) in [6, 6.07) is 20.8. The van der Waals surface area contributed by atoms with E-state index in [0.717, 1.165) is 41.8 Å². The number of hydrogen-bond donors (Lipinski definition) is 0. The molecule has 0 N–H and O–H groups in total. The average Bonchev–Trinajstić information content (AvgIpc) is 2.86. The van der Waals surface area contributed by atoms with Gasteiger partial charge >= 0.3 is 0 Å². The van der Waals surface area contributed by atoms with Gasteiger partial charge in [-0.05, 0) is 72.4 Å². The molecule has 33 heavy (non-hydrogen) atoms. The Morgan fingerprint density at radius 2 is 1.82 bits per heavy atom. The first-order chi connectivity index (χ1) is 16.0. The van der Waals surface area contributed by atoms with Crippen LogP contribution in [-0.2, 0) is 17.8 Å². The van der Waals surface area contributed by atoms with Crippen molar-refractivity contribution in [3.05, 3.63) is 83.0 Å². The van der Waals surface area contributed by atoms with Crippen molar-refractivity contribution in [1.29, 1.82) is 0 Å².